The lowest BCUT2D eigenvalue weighted by atomic mass is 10.1. The van der Waals surface area contributed by atoms with E-state index in [0.29, 0.717) is 4.88 Å². The summed E-state index contributed by atoms with van der Waals surface area (Å²) in [7, 11) is -3.65. The first-order chi connectivity index (χ1) is 8.15. The van der Waals surface area contributed by atoms with Crippen molar-refractivity contribution in [1.29, 1.82) is 0 Å². The lowest BCUT2D eigenvalue weighted by molar-refractivity contribution is 0.0702. The second kappa shape index (κ2) is 5.38. The van der Waals surface area contributed by atoms with E-state index in [2.05, 4.69) is 4.72 Å². The van der Waals surface area contributed by atoms with Crippen molar-refractivity contribution in [3.05, 3.63) is 15.8 Å². The topological polar surface area (TPSA) is 83.5 Å². The SMILES string of the molecule is Cc1sc(C(=O)O)cc1S(=O)(=O)NC(C)C(C)C. The lowest BCUT2D eigenvalue weighted by Crippen LogP contribution is -2.36. The maximum absolute atomic E-state index is 12.1. The number of rotatable bonds is 5. The highest BCUT2D eigenvalue weighted by molar-refractivity contribution is 7.89. The number of carbonyl (C=O) groups is 1. The molecule has 1 atom stereocenters. The van der Waals surface area contributed by atoms with E-state index >= 15 is 0 Å². The fraction of sp³-hybridized carbons (Fsp3) is 0.545. The molecule has 0 saturated carbocycles. The minimum absolute atomic E-state index is 0.0325. The molecule has 0 aliphatic carbocycles. The first-order valence-electron chi connectivity index (χ1n) is 5.51. The van der Waals surface area contributed by atoms with Crippen molar-refractivity contribution in [2.45, 2.75) is 38.6 Å². The summed E-state index contributed by atoms with van der Waals surface area (Å²) in [5, 5.41) is 8.85. The maximum atomic E-state index is 12.1. The van der Waals surface area contributed by atoms with Gasteiger partial charge in [0.1, 0.15) is 4.88 Å². The maximum Gasteiger partial charge on any atom is 0.345 e. The zero-order valence-corrected chi connectivity index (χ0v) is 12.4. The molecule has 1 unspecified atom stereocenters. The Morgan fingerprint density at radius 1 is 1.39 bits per heavy atom. The Hall–Kier alpha value is -0.920. The van der Waals surface area contributed by atoms with Gasteiger partial charge in [0.05, 0.1) is 4.90 Å². The summed E-state index contributed by atoms with van der Waals surface area (Å²) in [4.78, 5) is 11.4. The normalized spacial score (nSPS) is 13.8. The Kier molecular flexibility index (Phi) is 4.52. The van der Waals surface area contributed by atoms with Crippen LogP contribution in [0.5, 0.6) is 0 Å². The number of hydrogen-bond acceptors (Lipinski definition) is 4. The van der Waals surface area contributed by atoms with Gasteiger partial charge in [-0.3, -0.25) is 0 Å². The van der Waals surface area contributed by atoms with Crippen molar-refractivity contribution < 1.29 is 18.3 Å². The molecule has 0 spiro atoms. The molecule has 7 heteroatoms. The van der Waals surface area contributed by atoms with Crippen LogP contribution in [-0.2, 0) is 10.0 Å². The van der Waals surface area contributed by atoms with Gasteiger partial charge < -0.3 is 5.11 Å². The Labute approximate surface area is 111 Å². The second-order valence-electron chi connectivity index (χ2n) is 4.49. The summed E-state index contributed by atoms with van der Waals surface area (Å²) in [5.41, 5.74) is 0. The molecule has 0 aromatic carbocycles. The molecule has 18 heavy (non-hydrogen) atoms. The predicted molar refractivity (Wildman–Crippen MR) is 70.6 cm³/mol. The fourth-order valence-corrected chi connectivity index (χ4v) is 4.10. The number of aromatic carboxylic acids is 1. The molecule has 1 rings (SSSR count). The number of thiophene rings is 1. The van der Waals surface area contributed by atoms with Crippen LogP contribution in [-0.4, -0.2) is 25.5 Å². The lowest BCUT2D eigenvalue weighted by Gasteiger charge is -2.17. The smallest absolute Gasteiger partial charge is 0.345 e. The molecule has 5 nitrogen and oxygen atoms in total. The molecule has 0 radical (unpaired) electrons. The molecule has 0 bridgehead atoms. The quantitative estimate of drug-likeness (QED) is 0.870. The van der Waals surface area contributed by atoms with Gasteiger partial charge in [-0.15, -0.1) is 11.3 Å². The van der Waals surface area contributed by atoms with Crippen LogP contribution in [0.15, 0.2) is 11.0 Å². The Bertz CT molecular complexity index is 545. The van der Waals surface area contributed by atoms with Crippen molar-refractivity contribution in [2.75, 3.05) is 0 Å². The zero-order valence-electron chi connectivity index (χ0n) is 10.7. The van der Waals surface area contributed by atoms with Gasteiger partial charge >= 0.3 is 5.97 Å². The standard InChI is InChI=1S/C11H17NO4S2/c1-6(2)7(3)12-18(15,16)10-5-9(11(13)14)17-8(10)4/h5-7,12H,1-4H3,(H,13,14). The molecule has 0 amide bonds. The van der Waals surface area contributed by atoms with E-state index in [1.165, 1.54) is 6.07 Å². The van der Waals surface area contributed by atoms with Gasteiger partial charge in [-0.1, -0.05) is 13.8 Å². The summed E-state index contributed by atoms with van der Waals surface area (Å²) in [5.74, 6) is -0.945. The molecule has 1 aromatic rings. The number of aryl methyl sites for hydroxylation is 1. The van der Waals surface area contributed by atoms with Crippen LogP contribution in [0.1, 0.15) is 35.3 Å². The van der Waals surface area contributed by atoms with E-state index in [9.17, 15) is 13.2 Å². The largest absolute Gasteiger partial charge is 0.477 e. The van der Waals surface area contributed by atoms with Crippen molar-refractivity contribution in [3.8, 4) is 0 Å². The third-order valence-corrected chi connectivity index (χ3v) is 5.57. The van der Waals surface area contributed by atoms with Crippen molar-refractivity contribution in [1.82, 2.24) is 4.72 Å². The molecule has 0 aliphatic heterocycles. The van der Waals surface area contributed by atoms with E-state index in [-0.39, 0.29) is 21.7 Å². The molecule has 0 saturated heterocycles. The van der Waals surface area contributed by atoms with Gasteiger partial charge in [-0.05, 0) is 25.8 Å². The van der Waals surface area contributed by atoms with Crippen LogP contribution >= 0.6 is 11.3 Å². The third-order valence-electron chi connectivity index (χ3n) is 2.71. The number of carboxylic acid groups (broad SMARTS) is 1. The summed E-state index contributed by atoms with van der Waals surface area (Å²) in [6, 6.07) is 1.00. The highest BCUT2D eigenvalue weighted by Crippen LogP contribution is 2.26. The van der Waals surface area contributed by atoms with Crippen LogP contribution in [0.3, 0.4) is 0 Å². The van der Waals surface area contributed by atoms with Crippen molar-refractivity contribution in [2.24, 2.45) is 5.92 Å². The Balaban J connectivity index is 3.09. The predicted octanol–water partition coefficient (Wildman–Crippen LogP) is 2.08. The summed E-state index contributed by atoms with van der Waals surface area (Å²) >= 11 is 0.966. The van der Waals surface area contributed by atoms with Gasteiger partial charge in [0.25, 0.3) is 0 Å². The first kappa shape index (κ1) is 15.1. The van der Waals surface area contributed by atoms with Gasteiger partial charge in [0.2, 0.25) is 10.0 Å². The average Bonchev–Trinajstić information content (AvgIpc) is 2.60. The molecular weight excluding hydrogens is 274 g/mol. The van der Waals surface area contributed by atoms with Crippen LogP contribution < -0.4 is 4.72 Å². The second-order valence-corrected chi connectivity index (χ2v) is 7.43. The number of sulfonamides is 1. The van der Waals surface area contributed by atoms with Gasteiger partial charge in [0.15, 0.2) is 0 Å². The number of nitrogens with one attached hydrogen (secondary N) is 1. The van der Waals surface area contributed by atoms with Crippen LogP contribution in [0.25, 0.3) is 0 Å². The van der Waals surface area contributed by atoms with E-state index < -0.39 is 16.0 Å². The highest BCUT2D eigenvalue weighted by Gasteiger charge is 2.24. The van der Waals surface area contributed by atoms with Crippen LogP contribution in [0.4, 0.5) is 0 Å². The van der Waals surface area contributed by atoms with E-state index in [1.807, 2.05) is 13.8 Å². The highest BCUT2D eigenvalue weighted by atomic mass is 32.2. The molecule has 102 valence electrons. The summed E-state index contributed by atoms with van der Waals surface area (Å²) < 4.78 is 26.8. The minimum Gasteiger partial charge on any atom is -0.477 e. The van der Waals surface area contributed by atoms with E-state index in [1.54, 1.807) is 13.8 Å². The van der Waals surface area contributed by atoms with E-state index in [0.717, 1.165) is 11.3 Å². The minimum atomic E-state index is -3.65. The molecular formula is C11H17NO4S2. The van der Waals surface area contributed by atoms with Crippen LogP contribution in [0.2, 0.25) is 0 Å². The fourth-order valence-electron chi connectivity index (χ4n) is 1.28. The summed E-state index contributed by atoms with van der Waals surface area (Å²) in [6.45, 7) is 7.21. The summed E-state index contributed by atoms with van der Waals surface area (Å²) in [6.07, 6.45) is 0. The molecule has 1 aromatic heterocycles. The van der Waals surface area contributed by atoms with Crippen molar-refractivity contribution >= 4 is 27.3 Å². The zero-order chi connectivity index (χ0) is 14.1. The molecule has 0 aliphatic rings. The first-order valence-corrected chi connectivity index (χ1v) is 7.81. The Morgan fingerprint density at radius 3 is 2.33 bits per heavy atom. The van der Waals surface area contributed by atoms with Gasteiger partial charge in [-0.2, -0.15) is 0 Å². The Morgan fingerprint density at radius 2 is 1.94 bits per heavy atom. The van der Waals surface area contributed by atoms with Gasteiger partial charge in [0, 0.05) is 10.9 Å². The number of carboxylic acids is 1. The molecule has 1 heterocycles. The average molecular weight is 291 g/mol. The van der Waals surface area contributed by atoms with Crippen LogP contribution in [0, 0.1) is 12.8 Å². The number of hydrogen-bond donors (Lipinski definition) is 2. The monoisotopic (exact) mass is 291 g/mol. The van der Waals surface area contributed by atoms with Crippen molar-refractivity contribution in [3.63, 3.8) is 0 Å². The van der Waals surface area contributed by atoms with Gasteiger partial charge in [-0.25, -0.2) is 17.9 Å². The van der Waals surface area contributed by atoms with E-state index in [4.69, 9.17) is 5.11 Å². The third kappa shape index (κ3) is 3.30. The molecule has 2 N–H and O–H groups in total. The molecule has 0 fully saturated rings.